The molecule has 2 aromatic carbocycles. The fourth-order valence-electron chi connectivity index (χ4n) is 2.94. The number of benzene rings is 2. The van der Waals surface area contributed by atoms with E-state index in [2.05, 4.69) is 12.2 Å². The standard InChI is InChI=1S/C24H33NO5/c1-3-13-29-22-11-7-8-19(15-22)16-23(24(27)20-9-5-4-6-10-20)30-18-21(26)17-25-12-14-28-2/h4-11,15,21,23,25-26H,3,12-14,16-18H2,1-2H3. The average molecular weight is 416 g/mol. The third-order valence-electron chi connectivity index (χ3n) is 4.50. The normalized spacial score (nSPS) is 13.0. The van der Waals surface area contributed by atoms with Crippen molar-refractivity contribution in [3.63, 3.8) is 0 Å². The molecule has 0 aliphatic carbocycles. The zero-order chi connectivity index (χ0) is 21.6. The van der Waals surface area contributed by atoms with Crippen molar-refractivity contribution in [3.05, 3.63) is 65.7 Å². The molecule has 0 saturated heterocycles. The van der Waals surface area contributed by atoms with E-state index >= 15 is 0 Å². The SMILES string of the molecule is CCCOc1cccc(CC(OCC(O)CNCCOC)C(=O)c2ccccc2)c1. The first-order valence-corrected chi connectivity index (χ1v) is 10.4. The number of carbonyl (C=O) groups excluding carboxylic acids is 1. The first kappa shape index (κ1) is 24.0. The number of Topliss-reactive ketones (excluding diaryl/α,β-unsaturated/α-hetero) is 1. The Morgan fingerprint density at radius 3 is 2.63 bits per heavy atom. The smallest absolute Gasteiger partial charge is 0.191 e. The molecule has 0 fully saturated rings. The first-order chi connectivity index (χ1) is 14.6. The zero-order valence-corrected chi connectivity index (χ0v) is 17.9. The summed E-state index contributed by atoms with van der Waals surface area (Å²) in [6.45, 7) is 4.35. The summed E-state index contributed by atoms with van der Waals surface area (Å²) < 4.78 is 16.6. The molecule has 0 amide bonds. The van der Waals surface area contributed by atoms with Gasteiger partial charge in [0.05, 0.1) is 25.9 Å². The predicted octanol–water partition coefficient (Wildman–Crippen LogP) is 2.88. The van der Waals surface area contributed by atoms with Crippen LogP contribution in [-0.4, -0.2) is 63.1 Å². The minimum atomic E-state index is -0.716. The van der Waals surface area contributed by atoms with Crippen molar-refractivity contribution in [2.45, 2.75) is 32.0 Å². The molecular formula is C24H33NO5. The van der Waals surface area contributed by atoms with Crippen LogP contribution in [0.4, 0.5) is 0 Å². The van der Waals surface area contributed by atoms with Gasteiger partial charge in [0.2, 0.25) is 0 Å². The van der Waals surface area contributed by atoms with E-state index in [1.807, 2.05) is 42.5 Å². The molecule has 6 nitrogen and oxygen atoms in total. The lowest BCUT2D eigenvalue weighted by atomic mass is 9.99. The molecule has 6 heteroatoms. The molecule has 2 unspecified atom stereocenters. The molecule has 2 N–H and O–H groups in total. The maximum Gasteiger partial charge on any atom is 0.191 e. The molecule has 0 bridgehead atoms. The van der Waals surface area contributed by atoms with Crippen LogP contribution in [0.25, 0.3) is 0 Å². The van der Waals surface area contributed by atoms with Crippen molar-refractivity contribution in [2.24, 2.45) is 0 Å². The van der Waals surface area contributed by atoms with Gasteiger partial charge < -0.3 is 24.6 Å². The summed E-state index contributed by atoms with van der Waals surface area (Å²) in [6, 6.07) is 16.8. The van der Waals surface area contributed by atoms with Gasteiger partial charge in [-0.3, -0.25) is 4.79 Å². The van der Waals surface area contributed by atoms with Gasteiger partial charge in [-0.2, -0.15) is 0 Å². The summed E-state index contributed by atoms with van der Waals surface area (Å²) in [5, 5.41) is 13.3. The van der Waals surface area contributed by atoms with Crippen LogP contribution in [0.2, 0.25) is 0 Å². The zero-order valence-electron chi connectivity index (χ0n) is 17.9. The van der Waals surface area contributed by atoms with Crippen LogP contribution < -0.4 is 10.1 Å². The van der Waals surface area contributed by atoms with Crippen molar-refractivity contribution >= 4 is 5.78 Å². The Morgan fingerprint density at radius 1 is 1.10 bits per heavy atom. The van der Waals surface area contributed by atoms with Crippen molar-refractivity contribution in [2.75, 3.05) is 40.0 Å². The van der Waals surface area contributed by atoms with Crippen molar-refractivity contribution in [1.29, 1.82) is 0 Å². The van der Waals surface area contributed by atoms with E-state index < -0.39 is 12.2 Å². The lowest BCUT2D eigenvalue weighted by Gasteiger charge is -2.20. The number of aliphatic hydroxyl groups excluding tert-OH is 1. The highest BCUT2D eigenvalue weighted by Gasteiger charge is 2.22. The molecule has 0 aliphatic rings. The molecule has 0 aliphatic heterocycles. The van der Waals surface area contributed by atoms with E-state index in [9.17, 15) is 9.90 Å². The van der Waals surface area contributed by atoms with Crippen LogP contribution in [0.15, 0.2) is 54.6 Å². The fraction of sp³-hybridized carbons (Fsp3) is 0.458. The Labute approximate surface area is 179 Å². The summed E-state index contributed by atoms with van der Waals surface area (Å²) in [4.78, 5) is 13.0. The van der Waals surface area contributed by atoms with Crippen molar-refractivity contribution in [3.8, 4) is 5.75 Å². The molecule has 164 valence electrons. The molecule has 0 aromatic heterocycles. The van der Waals surface area contributed by atoms with Gasteiger partial charge >= 0.3 is 0 Å². The second kappa shape index (κ2) is 13.9. The lowest BCUT2D eigenvalue weighted by molar-refractivity contribution is -0.00199. The molecule has 0 heterocycles. The van der Waals surface area contributed by atoms with E-state index in [1.54, 1.807) is 19.2 Å². The highest BCUT2D eigenvalue weighted by molar-refractivity contribution is 5.99. The van der Waals surface area contributed by atoms with E-state index in [0.717, 1.165) is 17.7 Å². The molecule has 0 saturated carbocycles. The Hall–Kier alpha value is -2.25. The molecule has 2 rings (SSSR count). The quantitative estimate of drug-likeness (QED) is 0.344. The lowest BCUT2D eigenvalue weighted by Crippen LogP contribution is -2.36. The molecule has 0 spiro atoms. The third kappa shape index (κ3) is 8.63. The number of hydrogen-bond donors (Lipinski definition) is 2. The molecule has 30 heavy (non-hydrogen) atoms. The van der Waals surface area contributed by atoms with Crippen LogP contribution in [0.1, 0.15) is 29.3 Å². The first-order valence-electron chi connectivity index (χ1n) is 10.4. The monoisotopic (exact) mass is 415 g/mol. The van der Waals surface area contributed by atoms with Gasteiger partial charge in [0.15, 0.2) is 5.78 Å². The minimum Gasteiger partial charge on any atom is -0.494 e. The van der Waals surface area contributed by atoms with E-state index in [-0.39, 0.29) is 12.4 Å². The second-order valence-electron chi connectivity index (χ2n) is 7.10. The van der Waals surface area contributed by atoms with Crippen LogP contribution in [0.3, 0.4) is 0 Å². The number of ketones is 1. The number of rotatable bonds is 15. The van der Waals surface area contributed by atoms with Crippen LogP contribution in [0, 0.1) is 0 Å². The van der Waals surface area contributed by atoms with Crippen molar-refractivity contribution < 1.29 is 24.1 Å². The van der Waals surface area contributed by atoms with Gasteiger partial charge in [0, 0.05) is 32.2 Å². The maximum atomic E-state index is 13.0. The number of nitrogens with one attached hydrogen (secondary N) is 1. The fourth-order valence-corrected chi connectivity index (χ4v) is 2.94. The maximum absolute atomic E-state index is 13.0. The predicted molar refractivity (Wildman–Crippen MR) is 117 cm³/mol. The minimum absolute atomic E-state index is 0.0647. The van der Waals surface area contributed by atoms with Gasteiger partial charge in [-0.15, -0.1) is 0 Å². The largest absolute Gasteiger partial charge is 0.494 e. The molecule has 2 aromatic rings. The van der Waals surface area contributed by atoms with E-state index in [0.29, 0.717) is 38.3 Å². The molecular weight excluding hydrogens is 382 g/mol. The van der Waals surface area contributed by atoms with Crippen molar-refractivity contribution in [1.82, 2.24) is 5.32 Å². The Morgan fingerprint density at radius 2 is 1.90 bits per heavy atom. The van der Waals surface area contributed by atoms with Gasteiger partial charge in [-0.1, -0.05) is 49.4 Å². The van der Waals surface area contributed by atoms with Gasteiger partial charge in [0.25, 0.3) is 0 Å². The highest BCUT2D eigenvalue weighted by atomic mass is 16.5. The van der Waals surface area contributed by atoms with Crippen LogP contribution >= 0.6 is 0 Å². The Bertz CT molecular complexity index is 737. The summed E-state index contributed by atoms with van der Waals surface area (Å²) in [5.41, 5.74) is 1.54. The summed E-state index contributed by atoms with van der Waals surface area (Å²) in [7, 11) is 1.63. The number of aliphatic hydroxyl groups is 1. The second-order valence-corrected chi connectivity index (χ2v) is 7.10. The average Bonchev–Trinajstić information content (AvgIpc) is 2.78. The van der Waals surface area contributed by atoms with E-state index in [4.69, 9.17) is 14.2 Å². The van der Waals surface area contributed by atoms with Crippen LogP contribution in [-0.2, 0) is 15.9 Å². The third-order valence-corrected chi connectivity index (χ3v) is 4.50. The number of carbonyl (C=O) groups is 1. The Balaban J connectivity index is 2.03. The summed E-state index contributed by atoms with van der Waals surface area (Å²) >= 11 is 0. The van der Waals surface area contributed by atoms with Gasteiger partial charge in [-0.25, -0.2) is 0 Å². The number of hydrogen-bond acceptors (Lipinski definition) is 6. The molecule has 2 atom stereocenters. The topological polar surface area (TPSA) is 77.0 Å². The van der Waals surface area contributed by atoms with Gasteiger partial charge in [-0.05, 0) is 24.1 Å². The highest BCUT2D eigenvalue weighted by Crippen LogP contribution is 2.18. The number of ether oxygens (including phenoxy) is 3. The summed E-state index contributed by atoms with van der Waals surface area (Å²) in [5.74, 6) is 0.678. The Kier molecular flexibility index (Phi) is 11.1. The van der Waals surface area contributed by atoms with Crippen LogP contribution in [0.5, 0.6) is 5.75 Å². The molecule has 0 radical (unpaired) electrons. The van der Waals surface area contributed by atoms with E-state index in [1.165, 1.54) is 0 Å². The van der Waals surface area contributed by atoms with Gasteiger partial charge in [0.1, 0.15) is 11.9 Å². The summed E-state index contributed by atoms with van der Waals surface area (Å²) in [6.07, 6.45) is -0.0748. The number of methoxy groups -OCH3 is 1.